The highest BCUT2D eigenvalue weighted by Gasteiger charge is 2.31. The number of carbonyl (C=O) groups is 1. The molecule has 1 aromatic carbocycles. The van der Waals surface area contributed by atoms with Gasteiger partial charge in [-0.05, 0) is 50.3 Å². The highest BCUT2D eigenvalue weighted by atomic mass is 16.5. The number of pyridine rings is 1. The lowest BCUT2D eigenvalue weighted by Gasteiger charge is -2.29. The monoisotopic (exact) mass is 446 g/mol. The molecule has 1 atom stereocenters. The summed E-state index contributed by atoms with van der Waals surface area (Å²) in [6.45, 7) is 11.1. The summed E-state index contributed by atoms with van der Waals surface area (Å²) in [6, 6.07) is 10.7. The topological polar surface area (TPSA) is 80.2 Å². The third-order valence-corrected chi connectivity index (χ3v) is 6.52. The fourth-order valence-corrected chi connectivity index (χ4v) is 4.54. The molecule has 1 amide bonds. The fraction of sp³-hybridized carbons (Fsp3) is 0.423. The number of imidazole rings is 1. The van der Waals surface area contributed by atoms with Crippen molar-refractivity contribution in [1.82, 2.24) is 14.7 Å². The van der Waals surface area contributed by atoms with Gasteiger partial charge in [0.2, 0.25) is 0 Å². The van der Waals surface area contributed by atoms with Gasteiger partial charge >= 0.3 is 0 Å². The third-order valence-electron chi connectivity index (χ3n) is 6.52. The van der Waals surface area contributed by atoms with Gasteiger partial charge in [-0.25, -0.2) is 9.83 Å². The second-order valence-corrected chi connectivity index (χ2v) is 9.03. The van der Waals surface area contributed by atoms with Crippen LogP contribution in [-0.4, -0.2) is 33.6 Å². The summed E-state index contributed by atoms with van der Waals surface area (Å²) < 4.78 is 7.88. The van der Waals surface area contributed by atoms with Crippen LogP contribution in [0.2, 0.25) is 0 Å². The Balaban J connectivity index is 1.60. The summed E-state index contributed by atoms with van der Waals surface area (Å²) >= 11 is 0. The van der Waals surface area contributed by atoms with Crippen LogP contribution in [0, 0.1) is 19.4 Å². The number of nitrogens with zero attached hydrogens (tertiary/aromatic N) is 3. The lowest BCUT2D eigenvalue weighted by Crippen LogP contribution is -2.46. The quantitative estimate of drug-likeness (QED) is 0.512. The summed E-state index contributed by atoms with van der Waals surface area (Å²) in [5, 5.41) is 13.1. The molecule has 2 heterocycles. The molecule has 7 nitrogen and oxygen atoms in total. The Bertz CT molecular complexity index is 1190. The van der Waals surface area contributed by atoms with Gasteiger partial charge < -0.3 is 15.2 Å². The molecule has 33 heavy (non-hydrogen) atoms. The Hall–Kier alpha value is -3.37. The number of carbonyl (C=O) groups excluding carboxylic acids is 1. The Morgan fingerprint density at radius 1 is 1.30 bits per heavy atom. The van der Waals surface area contributed by atoms with Crippen LogP contribution < -0.4 is 10.1 Å². The van der Waals surface area contributed by atoms with Crippen molar-refractivity contribution in [3.05, 3.63) is 71.0 Å². The number of hydrogen-bond donors (Lipinski definition) is 2. The molecule has 0 aliphatic heterocycles. The molecule has 2 N–H and O–H groups in total. The van der Waals surface area contributed by atoms with E-state index in [2.05, 4.69) is 15.1 Å². The zero-order valence-corrected chi connectivity index (χ0v) is 19.2. The standard InChI is InChI=1S/C26H30N4O3/c1-18-23(25(32)29-26(2,17-31)20-11-7-12-21(15-20)27-3)30-14-8-13-22(24(30)28-18)33-16-19-9-5-4-6-10-19/h7-8,11-15,19,31H,4-6,9-10,16-17H2,1-2H3,(H,29,32)/t26-/m0/s1. The van der Waals surface area contributed by atoms with Gasteiger partial charge in [-0.2, -0.15) is 0 Å². The molecule has 1 saturated carbocycles. The van der Waals surface area contributed by atoms with E-state index >= 15 is 0 Å². The fourth-order valence-electron chi connectivity index (χ4n) is 4.54. The number of nitrogens with one attached hydrogen (secondary N) is 1. The highest BCUT2D eigenvalue weighted by molar-refractivity contribution is 5.95. The van der Waals surface area contributed by atoms with Crippen molar-refractivity contribution >= 4 is 17.2 Å². The van der Waals surface area contributed by atoms with E-state index in [0.29, 0.717) is 46.6 Å². The van der Waals surface area contributed by atoms with Crippen molar-refractivity contribution in [2.45, 2.75) is 51.5 Å². The van der Waals surface area contributed by atoms with E-state index in [1.54, 1.807) is 48.7 Å². The van der Waals surface area contributed by atoms with Crippen molar-refractivity contribution in [1.29, 1.82) is 0 Å². The van der Waals surface area contributed by atoms with Gasteiger partial charge in [0.05, 0.1) is 31.0 Å². The van der Waals surface area contributed by atoms with E-state index < -0.39 is 5.54 Å². The van der Waals surface area contributed by atoms with Gasteiger partial charge in [0.25, 0.3) is 5.91 Å². The number of hydrogen-bond acceptors (Lipinski definition) is 4. The SMILES string of the molecule is [C-]#[N+]c1cccc([C@](C)(CO)NC(=O)c2c(C)nc3c(OCC4CCCCC4)cccn23)c1. The van der Waals surface area contributed by atoms with Crippen LogP contribution in [-0.2, 0) is 5.54 Å². The Kier molecular flexibility index (Phi) is 6.66. The Morgan fingerprint density at radius 3 is 2.82 bits per heavy atom. The number of fused-ring (bicyclic) bond motifs is 1. The van der Waals surface area contributed by atoms with Crippen molar-refractivity contribution < 1.29 is 14.6 Å². The summed E-state index contributed by atoms with van der Waals surface area (Å²) in [6.07, 6.45) is 8.00. The zero-order chi connectivity index (χ0) is 23.4. The van der Waals surface area contributed by atoms with Gasteiger partial charge in [0, 0.05) is 6.20 Å². The molecule has 0 spiro atoms. The Morgan fingerprint density at radius 2 is 2.09 bits per heavy atom. The molecule has 0 radical (unpaired) electrons. The van der Waals surface area contributed by atoms with Crippen LogP contribution in [0.25, 0.3) is 10.5 Å². The first kappa shape index (κ1) is 22.8. The first-order valence-corrected chi connectivity index (χ1v) is 11.5. The number of aliphatic hydroxyl groups excluding tert-OH is 1. The van der Waals surface area contributed by atoms with Crippen molar-refractivity contribution in [2.75, 3.05) is 13.2 Å². The molecule has 1 aliphatic carbocycles. The van der Waals surface area contributed by atoms with Crippen LogP contribution in [0.3, 0.4) is 0 Å². The lowest BCUT2D eigenvalue weighted by atomic mass is 9.90. The van der Waals surface area contributed by atoms with E-state index in [1.807, 2.05) is 12.1 Å². The molecule has 1 aliphatic rings. The maximum absolute atomic E-state index is 13.4. The minimum absolute atomic E-state index is 0.314. The van der Waals surface area contributed by atoms with Crippen molar-refractivity contribution in [2.24, 2.45) is 5.92 Å². The first-order valence-electron chi connectivity index (χ1n) is 11.5. The van der Waals surface area contributed by atoms with Gasteiger partial charge in [0.15, 0.2) is 17.1 Å². The minimum Gasteiger partial charge on any atom is -0.489 e. The van der Waals surface area contributed by atoms with Gasteiger partial charge in [-0.15, -0.1) is 0 Å². The van der Waals surface area contributed by atoms with E-state index in [4.69, 9.17) is 11.3 Å². The number of benzene rings is 1. The van der Waals surface area contributed by atoms with Crippen LogP contribution in [0.1, 0.15) is 60.8 Å². The first-order chi connectivity index (χ1) is 15.9. The average Bonchev–Trinajstić information content (AvgIpc) is 3.19. The van der Waals surface area contributed by atoms with Gasteiger partial charge in [0.1, 0.15) is 5.69 Å². The highest BCUT2D eigenvalue weighted by Crippen LogP contribution is 2.28. The van der Waals surface area contributed by atoms with E-state index in [1.165, 1.54) is 32.1 Å². The van der Waals surface area contributed by atoms with Crippen LogP contribution in [0.5, 0.6) is 5.75 Å². The van der Waals surface area contributed by atoms with Crippen LogP contribution >= 0.6 is 0 Å². The molecule has 3 aromatic rings. The van der Waals surface area contributed by atoms with Crippen molar-refractivity contribution in [3.8, 4) is 5.75 Å². The lowest BCUT2D eigenvalue weighted by molar-refractivity contribution is 0.0843. The predicted octanol–water partition coefficient (Wildman–Crippen LogP) is 4.79. The summed E-state index contributed by atoms with van der Waals surface area (Å²) in [5.74, 6) is 0.878. The maximum atomic E-state index is 13.4. The smallest absolute Gasteiger partial charge is 0.270 e. The summed E-state index contributed by atoms with van der Waals surface area (Å²) in [4.78, 5) is 21.5. The molecule has 7 heteroatoms. The second kappa shape index (κ2) is 9.63. The third kappa shape index (κ3) is 4.71. The largest absolute Gasteiger partial charge is 0.489 e. The number of ether oxygens (including phenoxy) is 1. The maximum Gasteiger partial charge on any atom is 0.270 e. The average molecular weight is 447 g/mol. The number of aryl methyl sites for hydroxylation is 1. The minimum atomic E-state index is -1.05. The zero-order valence-electron chi connectivity index (χ0n) is 19.2. The molecular formula is C26H30N4O3. The van der Waals surface area contributed by atoms with Crippen LogP contribution in [0.4, 0.5) is 5.69 Å². The van der Waals surface area contributed by atoms with E-state index in [9.17, 15) is 9.90 Å². The van der Waals surface area contributed by atoms with E-state index in [-0.39, 0.29) is 12.5 Å². The number of rotatable bonds is 7. The molecule has 172 valence electrons. The second-order valence-electron chi connectivity index (χ2n) is 9.03. The molecule has 0 saturated heterocycles. The molecule has 0 bridgehead atoms. The van der Waals surface area contributed by atoms with Gasteiger partial charge in [-0.3, -0.25) is 9.20 Å². The van der Waals surface area contributed by atoms with Crippen molar-refractivity contribution in [3.63, 3.8) is 0 Å². The molecule has 1 fully saturated rings. The predicted molar refractivity (Wildman–Crippen MR) is 127 cm³/mol. The summed E-state index contributed by atoms with van der Waals surface area (Å²) in [7, 11) is 0. The Labute approximate surface area is 194 Å². The molecule has 0 unspecified atom stereocenters. The number of aromatic nitrogens is 2. The van der Waals surface area contributed by atoms with Crippen LogP contribution in [0.15, 0.2) is 42.6 Å². The number of amides is 1. The van der Waals surface area contributed by atoms with E-state index in [0.717, 1.165) is 0 Å². The molecular weight excluding hydrogens is 416 g/mol. The van der Waals surface area contributed by atoms with Gasteiger partial charge in [-0.1, -0.05) is 43.5 Å². The normalized spacial score (nSPS) is 16.2. The number of aliphatic hydroxyl groups is 1. The molecule has 2 aromatic heterocycles. The summed E-state index contributed by atoms with van der Waals surface area (Å²) in [5.41, 5.74) is 1.65. The molecule has 4 rings (SSSR count).